The summed E-state index contributed by atoms with van der Waals surface area (Å²) in [5, 5.41) is 0. The lowest BCUT2D eigenvalue weighted by Gasteiger charge is -2.37. The summed E-state index contributed by atoms with van der Waals surface area (Å²) in [6.45, 7) is 3.67. The fraction of sp³-hybridized carbons (Fsp3) is 0.455. The SMILES string of the molecule is CC1(C2=C3C=NC=C[N+]3(C)C(Br)=N2)COC1. The van der Waals surface area contributed by atoms with Crippen LogP contribution in [0, 0.1) is 5.41 Å². The highest BCUT2D eigenvalue weighted by Gasteiger charge is 2.49. The molecule has 0 N–H and O–H groups in total. The van der Waals surface area contributed by atoms with E-state index in [0.29, 0.717) is 4.48 Å². The molecule has 0 amide bonds. The van der Waals surface area contributed by atoms with Crippen molar-refractivity contribution in [3.8, 4) is 0 Å². The van der Waals surface area contributed by atoms with Gasteiger partial charge in [0, 0.05) is 15.9 Å². The smallest absolute Gasteiger partial charge is 0.281 e. The van der Waals surface area contributed by atoms with E-state index in [9.17, 15) is 0 Å². The Morgan fingerprint density at radius 3 is 2.88 bits per heavy atom. The zero-order chi connectivity index (χ0) is 11.4. The Bertz CT molecular complexity index is 474. The number of quaternary nitrogens is 1. The maximum atomic E-state index is 5.31. The van der Waals surface area contributed by atoms with Crippen molar-refractivity contribution in [2.75, 3.05) is 20.3 Å². The Labute approximate surface area is 103 Å². The highest BCUT2D eigenvalue weighted by molar-refractivity contribution is 9.18. The van der Waals surface area contributed by atoms with Gasteiger partial charge in [-0.05, 0) is 6.92 Å². The van der Waals surface area contributed by atoms with Gasteiger partial charge in [-0.3, -0.25) is 4.99 Å². The molecule has 84 valence electrons. The number of ether oxygens (including phenoxy) is 1. The van der Waals surface area contributed by atoms with Crippen LogP contribution in [0.4, 0.5) is 0 Å². The van der Waals surface area contributed by atoms with Crippen molar-refractivity contribution in [3.63, 3.8) is 0 Å². The van der Waals surface area contributed by atoms with Crippen molar-refractivity contribution in [1.82, 2.24) is 0 Å². The van der Waals surface area contributed by atoms with Gasteiger partial charge in [-0.15, -0.1) is 0 Å². The van der Waals surface area contributed by atoms with Gasteiger partial charge in [-0.1, -0.05) is 0 Å². The number of nitrogens with zero attached hydrogens (tertiary/aromatic N) is 3. The van der Waals surface area contributed by atoms with E-state index in [4.69, 9.17) is 4.74 Å². The van der Waals surface area contributed by atoms with Gasteiger partial charge in [0.2, 0.25) is 0 Å². The summed E-state index contributed by atoms with van der Waals surface area (Å²) >= 11 is 3.55. The van der Waals surface area contributed by atoms with Crippen LogP contribution < -0.4 is 0 Å². The molecule has 0 saturated carbocycles. The summed E-state index contributed by atoms with van der Waals surface area (Å²) in [5.41, 5.74) is 2.28. The Balaban J connectivity index is 2.14. The van der Waals surface area contributed by atoms with Crippen LogP contribution >= 0.6 is 15.9 Å². The highest BCUT2D eigenvalue weighted by Crippen LogP contribution is 2.44. The molecule has 1 fully saturated rings. The number of hydrogen-bond acceptors (Lipinski definition) is 3. The lowest BCUT2D eigenvalue weighted by Crippen LogP contribution is -2.43. The second-order valence-corrected chi connectivity index (χ2v) is 5.53. The molecule has 0 aromatic rings. The van der Waals surface area contributed by atoms with Crippen LogP contribution in [0.1, 0.15) is 6.92 Å². The molecule has 0 radical (unpaired) electrons. The molecule has 0 bridgehead atoms. The number of hydrogen-bond donors (Lipinski definition) is 0. The molecular formula is C11H13BrN3O+. The zero-order valence-electron chi connectivity index (χ0n) is 9.27. The van der Waals surface area contributed by atoms with Gasteiger partial charge in [0.05, 0.1) is 38.1 Å². The third kappa shape index (κ3) is 1.16. The maximum absolute atomic E-state index is 5.31. The summed E-state index contributed by atoms with van der Waals surface area (Å²) in [6, 6.07) is 0. The number of halogens is 1. The minimum absolute atomic E-state index is 0.0432. The normalized spacial score (nSPS) is 34.8. The molecule has 5 heteroatoms. The average Bonchev–Trinajstić information content (AvgIpc) is 2.49. The first-order chi connectivity index (χ1) is 7.56. The Morgan fingerprint density at radius 2 is 2.25 bits per heavy atom. The standard InChI is InChI=1S/C11H13BrN3O/c1-11(6-16-7-11)9-8-5-13-3-4-15(8,2)10(12)14-9/h3-5H,6-7H2,1-2H3/q+1. The molecule has 0 aromatic carbocycles. The quantitative estimate of drug-likeness (QED) is 0.535. The van der Waals surface area contributed by atoms with E-state index in [1.54, 1.807) is 0 Å². The molecule has 1 unspecified atom stereocenters. The monoisotopic (exact) mass is 282 g/mol. The Morgan fingerprint density at radius 1 is 1.50 bits per heavy atom. The molecule has 16 heavy (non-hydrogen) atoms. The average molecular weight is 283 g/mol. The van der Waals surface area contributed by atoms with Crippen LogP contribution in [0.15, 0.2) is 33.8 Å². The number of amidine groups is 1. The van der Waals surface area contributed by atoms with E-state index in [-0.39, 0.29) is 5.41 Å². The summed E-state index contributed by atoms with van der Waals surface area (Å²) in [4.78, 5) is 8.87. The number of allylic oxidation sites excluding steroid dienone is 1. The molecule has 3 rings (SSSR count). The van der Waals surface area contributed by atoms with Crippen molar-refractivity contribution in [1.29, 1.82) is 0 Å². The number of fused-ring (bicyclic) bond motifs is 1. The summed E-state index contributed by atoms with van der Waals surface area (Å²) in [7, 11) is 2.10. The predicted molar refractivity (Wildman–Crippen MR) is 66.1 cm³/mol. The zero-order valence-corrected chi connectivity index (χ0v) is 10.9. The molecule has 3 aliphatic heterocycles. The van der Waals surface area contributed by atoms with E-state index in [2.05, 4.69) is 39.9 Å². The lowest BCUT2D eigenvalue weighted by atomic mass is 9.84. The van der Waals surface area contributed by atoms with Crippen molar-refractivity contribution in [2.24, 2.45) is 15.4 Å². The first-order valence-electron chi connectivity index (χ1n) is 5.21. The van der Waals surface area contributed by atoms with E-state index in [0.717, 1.165) is 29.4 Å². The summed E-state index contributed by atoms with van der Waals surface area (Å²) in [6.07, 6.45) is 5.73. The first kappa shape index (κ1) is 10.4. The minimum atomic E-state index is 0.0432. The van der Waals surface area contributed by atoms with Gasteiger partial charge in [0.25, 0.3) is 4.74 Å². The largest absolute Gasteiger partial charge is 0.379 e. The summed E-state index contributed by atoms with van der Waals surface area (Å²) < 4.78 is 6.80. The number of rotatable bonds is 1. The maximum Gasteiger partial charge on any atom is 0.281 e. The molecule has 1 atom stereocenters. The number of aliphatic imine (C=N–C) groups is 2. The van der Waals surface area contributed by atoms with Crippen molar-refractivity contribution in [2.45, 2.75) is 6.92 Å². The molecule has 1 saturated heterocycles. The minimum Gasteiger partial charge on any atom is -0.379 e. The van der Waals surface area contributed by atoms with Crippen molar-refractivity contribution in [3.05, 3.63) is 23.8 Å². The van der Waals surface area contributed by atoms with Gasteiger partial charge >= 0.3 is 0 Å². The molecule has 0 aromatic heterocycles. The second kappa shape index (κ2) is 3.12. The van der Waals surface area contributed by atoms with Crippen molar-refractivity contribution < 1.29 is 9.22 Å². The van der Waals surface area contributed by atoms with E-state index in [1.807, 2.05) is 18.6 Å². The molecular weight excluding hydrogens is 270 g/mol. The van der Waals surface area contributed by atoms with Crippen LogP contribution in [0.5, 0.6) is 0 Å². The van der Waals surface area contributed by atoms with Gasteiger partial charge in [0.1, 0.15) is 11.9 Å². The Kier molecular flexibility index (Phi) is 2.02. The molecule has 0 aliphatic carbocycles. The second-order valence-electron chi connectivity index (χ2n) is 4.82. The first-order valence-corrected chi connectivity index (χ1v) is 6.00. The molecule has 0 spiro atoms. The van der Waals surface area contributed by atoms with E-state index < -0.39 is 0 Å². The van der Waals surface area contributed by atoms with Gasteiger partial charge < -0.3 is 4.74 Å². The Hall–Kier alpha value is -0.780. The van der Waals surface area contributed by atoms with Crippen LogP contribution in [-0.2, 0) is 4.74 Å². The fourth-order valence-corrected chi connectivity index (χ4v) is 2.66. The van der Waals surface area contributed by atoms with Crippen molar-refractivity contribution >= 4 is 26.9 Å². The van der Waals surface area contributed by atoms with Crippen LogP contribution in [0.2, 0.25) is 0 Å². The summed E-state index contributed by atoms with van der Waals surface area (Å²) in [5.74, 6) is 0. The molecule has 3 heterocycles. The van der Waals surface area contributed by atoms with Gasteiger partial charge in [-0.2, -0.15) is 4.99 Å². The fourth-order valence-electron chi connectivity index (χ4n) is 2.17. The van der Waals surface area contributed by atoms with Crippen LogP contribution in [0.25, 0.3) is 0 Å². The lowest BCUT2D eigenvalue weighted by molar-refractivity contribution is -0.709. The predicted octanol–water partition coefficient (Wildman–Crippen LogP) is 2.00. The van der Waals surface area contributed by atoms with E-state index >= 15 is 0 Å². The van der Waals surface area contributed by atoms with Crippen LogP contribution in [0.3, 0.4) is 0 Å². The molecule has 3 aliphatic rings. The van der Waals surface area contributed by atoms with Crippen LogP contribution in [-0.4, -0.2) is 35.7 Å². The van der Waals surface area contributed by atoms with E-state index in [1.165, 1.54) is 0 Å². The van der Waals surface area contributed by atoms with Gasteiger partial charge in [0.15, 0.2) is 5.70 Å². The topological polar surface area (TPSA) is 34.0 Å². The highest BCUT2D eigenvalue weighted by atomic mass is 79.9. The van der Waals surface area contributed by atoms with Gasteiger partial charge in [-0.25, -0.2) is 4.48 Å². The third-order valence-corrected chi connectivity index (χ3v) is 4.31. The third-order valence-electron chi connectivity index (χ3n) is 3.39. The molecule has 4 nitrogen and oxygen atoms in total.